The molecule has 0 nitrogen and oxygen atoms in total. The van der Waals surface area contributed by atoms with E-state index < -0.39 is 29.3 Å². The molecule has 0 spiro atoms. The van der Waals surface area contributed by atoms with Gasteiger partial charge in [0.25, 0.3) is 0 Å². The molecule has 0 aliphatic heterocycles. The fourth-order valence-electron chi connectivity index (χ4n) is 1.72. The van der Waals surface area contributed by atoms with Crippen molar-refractivity contribution in [1.82, 2.24) is 0 Å². The fourth-order valence-corrected chi connectivity index (χ4v) is 1.72. The number of rotatable bonds is 1. The van der Waals surface area contributed by atoms with Crippen LogP contribution in [-0.2, 0) is 0 Å². The monoisotopic (exact) mass is 234 g/mol. The summed E-state index contributed by atoms with van der Waals surface area (Å²) in [6.07, 6.45) is 1.55. The highest BCUT2D eigenvalue weighted by atomic mass is 19.2. The van der Waals surface area contributed by atoms with Gasteiger partial charge in [-0.05, 0) is 18.1 Å². The molecule has 0 saturated carbocycles. The molecule has 0 radical (unpaired) electrons. The van der Waals surface area contributed by atoms with Gasteiger partial charge in [0.2, 0.25) is 0 Å². The van der Waals surface area contributed by atoms with Gasteiger partial charge >= 0.3 is 0 Å². The maximum Gasteiger partial charge on any atom is 0.196 e. The van der Waals surface area contributed by atoms with E-state index in [0.717, 1.165) is 0 Å². The largest absolute Gasteiger partial charge is 0.235 e. The quantitative estimate of drug-likeness (QED) is 0.603. The Bertz CT molecular complexity index is 443. The minimum Gasteiger partial charge on any atom is -0.235 e. The van der Waals surface area contributed by atoms with Gasteiger partial charge in [0.1, 0.15) is 0 Å². The Kier molecular flexibility index (Phi) is 2.48. The molecule has 16 heavy (non-hydrogen) atoms. The number of hydrogen-bond acceptors (Lipinski definition) is 0. The molecule has 0 aromatic carbocycles. The zero-order valence-electron chi connectivity index (χ0n) is 7.98. The van der Waals surface area contributed by atoms with Crippen LogP contribution in [0.5, 0.6) is 0 Å². The SMILES string of the molecule is FC1=CC(F)(C2=CC=CC2)C(F)C(F)=C1F. The van der Waals surface area contributed by atoms with Crippen LogP contribution >= 0.6 is 0 Å². The number of hydrogen-bond donors (Lipinski definition) is 0. The lowest BCUT2D eigenvalue weighted by Crippen LogP contribution is -2.38. The van der Waals surface area contributed by atoms with E-state index in [4.69, 9.17) is 0 Å². The van der Waals surface area contributed by atoms with Crippen LogP contribution < -0.4 is 0 Å². The standard InChI is InChI=1S/C11H7F5/c12-7-5-11(16,6-3-1-2-4-6)10(15)9(14)8(7)13/h1-3,5,10H,4H2. The summed E-state index contributed by atoms with van der Waals surface area (Å²) in [5, 5.41) is 0. The molecule has 0 aromatic heterocycles. The Balaban J connectivity index is 2.45. The summed E-state index contributed by atoms with van der Waals surface area (Å²) < 4.78 is 66.0. The summed E-state index contributed by atoms with van der Waals surface area (Å²) in [6, 6.07) is 0. The zero-order valence-corrected chi connectivity index (χ0v) is 7.98. The third kappa shape index (κ3) is 1.42. The average molecular weight is 234 g/mol. The predicted molar refractivity (Wildman–Crippen MR) is 49.0 cm³/mol. The average Bonchev–Trinajstić information content (AvgIpc) is 2.77. The van der Waals surface area contributed by atoms with Gasteiger partial charge in [-0.2, -0.15) is 0 Å². The highest BCUT2D eigenvalue weighted by molar-refractivity contribution is 5.45. The van der Waals surface area contributed by atoms with E-state index in [9.17, 15) is 22.0 Å². The van der Waals surface area contributed by atoms with Crippen molar-refractivity contribution in [3.05, 3.63) is 47.4 Å². The third-order valence-corrected chi connectivity index (χ3v) is 2.61. The molecule has 86 valence electrons. The summed E-state index contributed by atoms with van der Waals surface area (Å²) in [4.78, 5) is 0. The molecule has 2 atom stereocenters. The van der Waals surface area contributed by atoms with Crippen LogP contribution in [0, 0.1) is 0 Å². The number of halogens is 5. The lowest BCUT2D eigenvalue weighted by atomic mass is 9.85. The van der Waals surface area contributed by atoms with Crippen molar-refractivity contribution in [2.45, 2.75) is 18.3 Å². The Morgan fingerprint density at radius 2 is 1.94 bits per heavy atom. The first-order valence-electron chi connectivity index (χ1n) is 4.60. The van der Waals surface area contributed by atoms with Crippen LogP contribution in [0.25, 0.3) is 0 Å². The fraction of sp³-hybridized carbons (Fsp3) is 0.273. The van der Waals surface area contributed by atoms with Gasteiger partial charge in [0.05, 0.1) is 0 Å². The molecule has 0 aromatic rings. The summed E-state index contributed by atoms with van der Waals surface area (Å²) in [6.45, 7) is 0. The molecule has 5 heteroatoms. The van der Waals surface area contributed by atoms with Crippen molar-refractivity contribution in [2.75, 3.05) is 0 Å². The van der Waals surface area contributed by atoms with Crippen molar-refractivity contribution in [3.63, 3.8) is 0 Å². The van der Waals surface area contributed by atoms with Crippen LogP contribution in [0.1, 0.15) is 6.42 Å². The third-order valence-electron chi connectivity index (χ3n) is 2.61. The molecule has 0 amide bonds. The second kappa shape index (κ2) is 3.57. The molecule has 0 saturated heterocycles. The number of alkyl halides is 2. The minimum absolute atomic E-state index is 0.0512. The van der Waals surface area contributed by atoms with Gasteiger partial charge in [-0.3, -0.25) is 0 Å². The van der Waals surface area contributed by atoms with Gasteiger partial charge in [-0.15, -0.1) is 0 Å². The topological polar surface area (TPSA) is 0 Å². The van der Waals surface area contributed by atoms with Gasteiger partial charge in [-0.1, -0.05) is 18.2 Å². The second-order valence-electron chi connectivity index (χ2n) is 3.61. The molecule has 0 fully saturated rings. The van der Waals surface area contributed by atoms with Crippen molar-refractivity contribution in [2.24, 2.45) is 0 Å². The molecular weight excluding hydrogens is 227 g/mol. The summed E-state index contributed by atoms with van der Waals surface area (Å²) in [5.74, 6) is -5.70. The Hall–Kier alpha value is -1.39. The smallest absolute Gasteiger partial charge is 0.196 e. The van der Waals surface area contributed by atoms with Crippen LogP contribution in [-0.4, -0.2) is 11.8 Å². The van der Waals surface area contributed by atoms with Gasteiger partial charge in [-0.25, -0.2) is 22.0 Å². The van der Waals surface area contributed by atoms with E-state index >= 15 is 0 Å². The molecular formula is C11H7F5. The van der Waals surface area contributed by atoms with E-state index in [2.05, 4.69) is 0 Å². The predicted octanol–water partition coefficient (Wildman–Crippen LogP) is 3.94. The molecule has 2 aliphatic rings. The highest BCUT2D eigenvalue weighted by Crippen LogP contribution is 2.44. The molecule has 2 rings (SSSR count). The molecule has 0 bridgehead atoms. The lowest BCUT2D eigenvalue weighted by Gasteiger charge is -2.29. The summed E-state index contributed by atoms with van der Waals surface area (Å²) in [5.41, 5.74) is -3.06. The lowest BCUT2D eigenvalue weighted by molar-refractivity contribution is 0.121. The summed E-state index contributed by atoms with van der Waals surface area (Å²) in [7, 11) is 0. The molecule has 0 N–H and O–H groups in total. The zero-order chi connectivity index (χ0) is 11.9. The van der Waals surface area contributed by atoms with Crippen molar-refractivity contribution in [3.8, 4) is 0 Å². The van der Waals surface area contributed by atoms with E-state index in [1.54, 1.807) is 0 Å². The Labute approximate surface area is 88.4 Å². The maximum absolute atomic E-state index is 14.1. The first-order chi connectivity index (χ1) is 7.47. The summed E-state index contributed by atoms with van der Waals surface area (Å²) >= 11 is 0. The molecule has 2 aliphatic carbocycles. The first kappa shape index (κ1) is 11.1. The van der Waals surface area contributed by atoms with Crippen LogP contribution in [0.3, 0.4) is 0 Å². The van der Waals surface area contributed by atoms with Crippen molar-refractivity contribution in [1.29, 1.82) is 0 Å². The van der Waals surface area contributed by atoms with Crippen LogP contribution in [0.4, 0.5) is 22.0 Å². The molecule has 0 heterocycles. The van der Waals surface area contributed by atoms with Gasteiger partial charge < -0.3 is 0 Å². The number of allylic oxidation sites excluding steroid dienone is 8. The maximum atomic E-state index is 14.1. The van der Waals surface area contributed by atoms with Gasteiger partial charge in [0.15, 0.2) is 29.3 Å². The van der Waals surface area contributed by atoms with E-state index in [-0.39, 0.29) is 18.1 Å². The Morgan fingerprint density at radius 1 is 1.25 bits per heavy atom. The van der Waals surface area contributed by atoms with E-state index in [0.29, 0.717) is 0 Å². The van der Waals surface area contributed by atoms with Crippen molar-refractivity contribution >= 4 is 0 Å². The van der Waals surface area contributed by atoms with Crippen molar-refractivity contribution < 1.29 is 22.0 Å². The molecule has 2 unspecified atom stereocenters. The second-order valence-corrected chi connectivity index (χ2v) is 3.61. The van der Waals surface area contributed by atoms with E-state index in [1.807, 2.05) is 0 Å². The Morgan fingerprint density at radius 3 is 2.50 bits per heavy atom. The van der Waals surface area contributed by atoms with Crippen LogP contribution in [0.15, 0.2) is 47.4 Å². The van der Waals surface area contributed by atoms with Gasteiger partial charge in [0, 0.05) is 0 Å². The highest BCUT2D eigenvalue weighted by Gasteiger charge is 2.49. The van der Waals surface area contributed by atoms with E-state index in [1.165, 1.54) is 18.2 Å². The minimum atomic E-state index is -2.94. The normalized spacial score (nSPS) is 34.2. The van der Waals surface area contributed by atoms with Crippen LogP contribution in [0.2, 0.25) is 0 Å². The first-order valence-corrected chi connectivity index (χ1v) is 4.60.